The molecule has 0 saturated heterocycles. The molecule has 0 aromatic heterocycles. The van der Waals surface area contributed by atoms with Crippen LogP contribution in [0.3, 0.4) is 0 Å². The fraction of sp³-hybridized carbons (Fsp3) is 0.818. The van der Waals surface area contributed by atoms with Crippen LogP contribution in [0.15, 0.2) is 12.8 Å². The van der Waals surface area contributed by atoms with Gasteiger partial charge in [-0.05, 0) is 12.8 Å². The maximum absolute atomic E-state index is 12.9. The molecule has 0 radical (unpaired) electrons. The van der Waals surface area contributed by atoms with E-state index in [0.717, 1.165) is 0 Å². The lowest BCUT2D eigenvalue weighted by atomic mass is 9.75. The highest BCUT2D eigenvalue weighted by Gasteiger charge is 2.76. The summed E-state index contributed by atoms with van der Waals surface area (Å²) in [6.45, 7) is 2.85. The van der Waals surface area contributed by atoms with Gasteiger partial charge in [0.1, 0.15) is 0 Å². The second-order valence-electron chi connectivity index (χ2n) is 4.35. The van der Waals surface area contributed by atoms with E-state index in [1.54, 1.807) is 0 Å². The van der Waals surface area contributed by atoms with Gasteiger partial charge in [0.05, 0.1) is 6.26 Å². The minimum absolute atomic E-state index is 0.146. The van der Waals surface area contributed by atoms with Crippen molar-refractivity contribution in [3.63, 3.8) is 0 Å². The Hall–Kier alpha value is -0.880. The molecular formula is C11H14F6O. The molecule has 18 heavy (non-hydrogen) atoms. The van der Waals surface area contributed by atoms with Gasteiger partial charge in [-0.25, -0.2) is 0 Å². The Labute approximate surface area is 101 Å². The van der Waals surface area contributed by atoms with E-state index in [-0.39, 0.29) is 19.1 Å². The average Bonchev–Trinajstić information content (AvgIpc) is 2.23. The quantitative estimate of drug-likeness (QED) is 0.541. The highest BCUT2D eigenvalue weighted by Crippen LogP contribution is 2.54. The Morgan fingerprint density at radius 1 is 0.889 bits per heavy atom. The molecule has 1 aliphatic rings. The Balaban J connectivity index is 3.23. The van der Waals surface area contributed by atoms with Crippen molar-refractivity contribution in [1.82, 2.24) is 0 Å². The molecule has 0 heterocycles. The van der Waals surface area contributed by atoms with Crippen LogP contribution >= 0.6 is 0 Å². The molecule has 0 aliphatic heterocycles. The van der Waals surface area contributed by atoms with E-state index < -0.39 is 23.9 Å². The summed E-state index contributed by atoms with van der Waals surface area (Å²) in [4.78, 5) is 0. The lowest BCUT2D eigenvalue weighted by molar-refractivity contribution is -0.387. The van der Waals surface area contributed by atoms with Gasteiger partial charge in [-0.15, -0.1) is 0 Å². The van der Waals surface area contributed by atoms with Gasteiger partial charge in [0.2, 0.25) is 0 Å². The SMILES string of the molecule is C=COC(C1CCCCC1)(C(F)(F)F)C(F)(F)F. The number of rotatable bonds is 3. The zero-order valence-corrected chi connectivity index (χ0v) is 9.57. The standard InChI is InChI=1S/C11H14F6O/c1-2-18-9(10(12,13)14,11(15,16)17)8-6-4-3-5-7-8/h2,8H,1,3-7H2. The first-order valence-corrected chi connectivity index (χ1v) is 5.59. The predicted octanol–water partition coefficient (Wildman–Crippen LogP) is 4.59. The van der Waals surface area contributed by atoms with Crippen molar-refractivity contribution in [2.24, 2.45) is 5.92 Å². The molecule has 1 fully saturated rings. The first-order chi connectivity index (χ1) is 8.17. The van der Waals surface area contributed by atoms with Crippen molar-refractivity contribution in [2.75, 3.05) is 0 Å². The summed E-state index contributed by atoms with van der Waals surface area (Å²) in [6, 6.07) is 0. The Bertz CT molecular complexity index is 273. The molecule has 0 amide bonds. The van der Waals surface area contributed by atoms with Crippen molar-refractivity contribution in [3.8, 4) is 0 Å². The number of hydrogen-bond donors (Lipinski definition) is 0. The van der Waals surface area contributed by atoms with Gasteiger partial charge in [-0.2, -0.15) is 26.3 Å². The van der Waals surface area contributed by atoms with E-state index in [0.29, 0.717) is 19.3 Å². The van der Waals surface area contributed by atoms with E-state index in [1.807, 2.05) is 0 Å². The summed E-state index contributed by atoms with van der Waals surface area (Å²) in [5.41, 5.74) is -4.12. The van der Waals surface area contributed by atoms with Crippen molar-refractivity contribution in [3.05, 3.63) is 12.8 Å². The second kappa shape index (κ2) is 5.01. The lowest BCUT2D eigenvalue weighted by Crippen LogP contribution is -2.63. The normalized spacial score (nSPS) is 19.7. The summed E-state index contributed by atoms with van der Waals surface area (Å²) >= 11 is 0. The topological polar surface area (TPSA) is 9.23 Å². The third kappa shape index (κ3) is 2.44. The number of hydrogen-bond acceptors (Lipinski definition) is 1. The highest BCUT2D eigenvalue weighted by molar-refractivity contribution is 5.03. The molecule has 106 valence electrons. The Kier molecular flexibility index (Phi) is 4.23. The van der Waals surface area contributed by atoms with Crippen LogP contribution in [-0.2, 0) is 4.74 Å². The maximum atomic E-state index is 12.9. The van der Waals surface area contributed by atoms with Crippen LogP contribution in [0.2, 0.25) is 0 Å². The van der Waals surface area contributed by atoms with Crippen molar-refractivity contribution < 1.29 is 31.1 Å². The van der Waals surface area contributed by atoms with Crippen molar-refractivity contribution in [2.45, 2.75) is 50.1 Å². The molecule has 0 atom stereocenters. The van der Waals surface area contributed by atoms with Crippen LogP contribution in [0.1, 0.15) is 32.1 Å². The molecule has 1 aliphatic carbocycles. The molecule has 7 heteroatoms. The van der Waals surface area contributed by atoms with Gasteiger partial charge in [0.25, 0.3) is 5.60 Å². The van der Waals surface area contributed by atoms with Gasteiger partial charge < -0.3 is 4.74 Å². The predicted molar refractivity (Wildman–Crippen MR) is 52.7 cm³/mol. The second-order valence-corrected chi connectivity index (χ2v) is 4.35. The fourth-order valence-electron chi connectivity index (χ4n) is 2.49. The molecule has 0 bridgehead atoms. The molecule has 1 saturated carbocycles. The third-order valence-corrected chi connectivity index (χ3v) is 3.29. The first kappa shape index (κ1) is 15.2. The highest BCUT2D eigenvalue weighted by atomic mass is 19.4. The van der Waals surface area contributed by atoms with Gasteiger partial charge >= 0.3 is 12.4 Å². The average molecular weight is 276 g/mol. The van der Waals surface area contributed by atoms with E-state index in [2.05, 4.69) is 11.3 Å². The van der Waals surface area contributed by atoms with Gasteiger partial charge in [0.15, 0.2) is 0 Å². The van der Waals surface area contributed by atoms with Crippen molar-refractivity contribution >= 4 is 0 Å². The van der Waals surface area contributed by atoms with E-state index >= 15 is 0 Å². The van der Waals surface area contributed by atoms with Crippen LogP contribution in [0.25, 0.3) is 0 Å². The summed E-state index contributed by atoms with van der Waals surface area (Å²) in [7, 11) is 0. The molecule has 0 aromatic carbocycles. The van der Waals surface area contributed by atoms with Crippen LogP contribution in [-0.4, -0.2) is 18.0 Å². The summed E-state index contributed by atoms with van der Waals surface area (Å²) in [6.07, 6.45) is -9.74. The molecule has 0 aromatic rings. The monoisotopic (exact) mass is 276 g/mol. The van der Waals surface area contributed by atoms with Crippen molar-refractivity contribution in [1.29, 1.82) is 0 Å². The van der Waals surface area contributed by atoms with Gasteiger partial charge in [-0.3, -0.25) is 0 Å². The van der Waals surface area contributed by atoms with Crippen LogP contribution in [0, 0.1) is 5.92 Å². The zero-order valence-electron chi connectivity index (χ0n) is 9.57. The number of ether oxygens (including phenoxy) is 1. The lowest BCUT2D eigenvalue weighted by Gasteiger charge is -2.43. The molecule has 0 N–H and O–H groups in total. The smallest absolute Gasteiger partial charge is 0.437 e. The largest absolute Gasteiger partial charge is 0.477 e. The molecule has 0 spiro atoms. The summed E-state index contributed by atoms with van der Waals surface area (Å²) in [5, 5.41) is 0. The van der Waals surface area contributed by atoms with E-state index in [4.69, 9.17) is 0 Å². The molecule has 1 nitrogen and oxygen atoms in total. The molecule has 0 unspecified atom stereocenters. The van der Waals surface area contributed by atoms with Gasteiger partial charge in [-0.1, -0.05) is 25.8 Å². The molecule has 1 rings (SSSR count). The van der Waals surface area contributed by atoms with Crippen LogP contribution < -0.4 is 0 Å². The van der Waals surface area contributed by atoms with Crippen LogP contribution in [0.4, 0.5) is 26.3 Å². The number of alkyl halides is 6. The Morgan fingerprint density at radius 2 is 1.33 bits per heavy atom. The summed E-state index contributed by atoms with van der Waals surface area (Å²) in [5.74, 6) is -1.61. The third-order valence-electron chi connectivity index (χ3n) is 3.29. The van der Waals surface area contributed by atoms with Crippen LogP contribution in [0.5, 0.6) is 0 Å². The summed E-state index contributed by atoms with van der Waals surface area (Å²) < 4.78 is 81.7. The number of halogens is 6. The first-order valence-electron chi connectivity index (χ1n) is 5.59. The fourth-order valence-corrected chi connectivity index (χ4v) is 2.49. The van der Waals surface area contributed by atoms with E-state index in [9.17, 15) is 26.3 Å². The van der Waals surface area contributed by atoms with Gasteiger partial charge in [0, 0.05) is 5.92 Å². The molecular weight excluding hydrogens is 262 g/mol. The Morgan fingerprint density at radius 3 is 1.67 bits per heavy atom. The minimum Gasteiger partial charge on any atom is -0.477 e. The van der Waals surface area contributed by atoms with E-state index in [1.165, 1.54) is 0 Å². The maximum Gasteiger partial charge on any atom is 0.437 e. The zero-order chi connectivity index (χ0) is 14.0. The minimum atomic E-state index is -5.51.